The Hall–Kier alpha value is -1.61. The van der Waals surface area contributed by atoms with Crippen molar-refractivity contribution in [2.75, 3.05) is 18.4 Å². The topological polar surface area (TPSA) is 69.0 Å². The molecule has 1 saturated heterocycles. The van der Waals surface area contributed by atoms with Gasteiger partial charge in [-0.15, -0.1) is 11.3 Å². The smallest absolute Gasteiger partial charge is 0.231 e. The van der Waals surface area contributed by atoms with Crippen LogP contribution in [0.4, 0.5) is 5.13 Å². The normalized spacial score (nSPS) is 23.5. The molecule has 2 unspecified atom stereocenters. The Labute approximate surface area is 104 Å². The van der Waals surface area contributed by atoms with E-state index in [0.717, 1.165) is 4.88 Å². The van der Waals surface area contributed by atoms with Gasteiger partial charge in [-0.05, 0) is 12.8 Å². The molecule has 6 heteroatoms. The molecule has 0 spiro atoms. The monoisotopic (exact) mass is 250 g/mol. The molecule has 5 nitrogen and oxygen atoms in total. The fraction of sp³-hybridized carbons (Fsp3) is 0.545. The fourth-order valence-electron chi connectivity index (χ4n) is 2.00. The number of aromatic nitrogens is 1. The third-order valence-electron chi connectivity index (χ3n) is 2.94. The van der Waals surface area contributed by atoms with Gasteiger partial charge in [0.05, 0.1) is 5.92 Å². The van der Waals surface area contributed by atoms with Crippen molar-refractivity contribution in [2.24, 2.45) is 11.8 Å². The molecule has 0 aromatic carbocycles. The van der Waals surface area contributed by atoms with Crippen LogP contribution in [0.1, 0.15) is 11.8 Å². The summed E-state index contributed by atoms with van der Waals surface area (Å²) in [5.74, 6) is 0.0409. The van der Waals surface area contributed by atoms with E-state index in [9.17, 15) is 4.79 Å². The Bertz CT molecular complexity index is 464. The average Bonchev–Trinajstić information content (AvgIpc) is 2.85. The minimum absolute atomic E-state index is 0.0374. The largest absolute Gasteiger partial charge is 0.310 e. The molecule has 2 rings (SSSR count). The number of carbonyl (C=O) groups excluding carboxylic acids is 1. The van der Waals surface area contributed by atoms with Gasteiger partial charge in [-0.2, -0.15) is 5.26 Å². The number of hydrogen-bond donors (Lipinski definition) is 1. The van der Waals surface area contributed by atoms with E-state index < -0.39 is 0 Å². The molecule has 1 fully saturated rings. The van der Waals surface area contributed by atoms with E-state index in [0.29, 0.717) is 18.2 Å². The summed E-state index contributed by atoms with van der Waals surface area (Å²) in [5, 5.41) is 12.3. The highest BCUT2D eigenvalue weighted by atomic mass is 32.1. The van der Waals surface area contributed by atoms with E-state index in [2.05, 4.69) is 16.5 Å². The third kappa shape index (κ3) is 2.56. The van der Waals surface area contributed by atoms with Gasteiger partial charge in [-0.25, -0.2) is 4.98 Å². The first kappa shape index (κ1) is 11.9. The number of anilines is 1. The lowest BCUT2D eigenvalue weighted by Gasteiger charge is -2.11. The second-order valence-electron chi connectivity index (χ2n) is 4.35. The number of nitriles is 1. The quantitative estimate of drug-likeness (QED) is 0.806. The summed E-state index contributed by atoms with van der Waals surface area (Å²) in [6, 6.07) is 0. The first-order valence-corrected chi connectivity index (χ1v) is 6.29. The summed E-state index contributed by atoms with van der Waals surface area (Å²) in [6.07, 6.45) is 3.82. The highest BCUT2D eigenvalue weighted by Gasteiger charge is 2.34. The molecule has 0 saturated carbocycles. The van der Waals surface area contributed by atoms with Crippen molar-refractivity contribution in [1.82, 2.24) is 9.88 Å². The van der Waals surface area contributed by atoms with Gasteiger partial charge in [0.25, 0.3) is 0 Å². The van der Waals surface area contributed by atoms with E-state index in [-0.39, 0.29) is 17.7 Å². The molecule has 1 amide bonds. The van der Waals surface area contributed by atoms with E-state index in [1.54, 1.807) is 11.1 Å². The highest BCUT2D eigenvalue weighted by Crippen LogP contribution is 2.25. The lowest BCUT2D eigenvalue weighted by Crippen LogP contribution is -2.27. The Kier molecular flexibility index (Phi) is 3.29. The number of nitrogens with one attached hydrogen (secondary N) is 1. The van der Waals surface area contributed by atoms with Gasteiger partial charge in [-0.1, -0.05) is 6.92 Å². The van der Waals surface area contributed by atoms with Crippen LogP contribution in [0.2, 0.25) is 0 Å². The molecule has 1 aliphatic rings. The number of thiazole rings is 1. The van der Waals surface area contributed by atoms with Gasteiger partial charge in [0.2, 0.25) is 5.91 Å². The predicted octanol–water partition coefficient (Wildman–Crippen LogP) is 1.44. The summed E-state index contributed by atoms with van der Waals surface area (Å²) >= 11 is 1.46. The molecule has 17 heavy (non-hydrogen) atoms. The van der Waals surface area contributed by atoms with Crippen LogP contribution < -0.4 is 5.32 Å². The van der Waals surface area contributed by atoms with E-state index in [4.69, 9.17) is 5.26 Å². The van der Waals surface area contributed by atoms with E-state index in [1.807, 2.05) is 13.8 Å². The molecule has 1 N–H and O–H groups in total. The maximum Gasteiger partial charge on any atom is 0.231 e. The molecule has 90 valence electrons. The van der Waals surface area contributed by atoms with Gasteiger partial charge in [0.1, 0.15) is 0 Å². The number of rotatable bonds is 2. The second-order valence-corrected chi connectivity index (χ2v) is 5.59. The molecule has 2 heterocycles. The summed E-state index contributed by atoms with van der Waals surface area (Å²) in [5.41, 5.74) is 0. The van der Waals surface area contributed by atoms with Crippen LogP contribution in [0, 0.1) is 30.2 Å². The minimum atomic E-state index is -0.126. The van der Waals surface area contributed by atoms with Gasteiger partial charge >= 0.3 is 0 Å². The molecule has 2 atom stereocenters. The minimum Gasteiger partial charge on any atom is -0.310 e. The van der Waals surface area contributed by atoms with Gasteiger partial charge < -0.3 is 10.2 Å². The molecular formula is C11H14N4OS. The van der Waals surface area contributed by atoms with Crippen LogP contribution in [-0.4, -0.2) is 28.9 Å². The van der Waals surface area contributed by atoms with Gasteiger partial charge in [0, 0.05) is 24.2 Å². The summed E-state index contributed by atoms with van der Waals surface area (Å²) in [7, 11) is 0. The fourth-order valence-corrected chi connectivity index (χ4v) is 2.67. The maximum absolute atomic E-state index is 12.0. The standard InChI is InChI=1S/C11H14N4OS/c1-7-4-15(6-12)5-9(7)10(16)14-11-13-3-8(2)17-11/h3,7,9H,4-5H2,1-2H3,(H,13,14,16). The van der Waals surface area contributed by atoms with Crippen molar-refractivity contribution < 1.29 is 4.79 Å². The molecular weight excluding hydrogens is 236 g/mol. The van der Waals surface area contributed by atoms with Crippen molar-refractivity contribution in [3.63, 3.8) is 0 Å². The lowest BCUT2D eigenvalue weighted by atomic mass is 9.97. The number of aryl methyl sites for hydroxylation is 1. The number of amides is 1. The zero-order valence-electron chi connectivity index (χ0n) is 9.80. The van der Waals surface area contributed by atoms with Crippen LogP contribution in [0.15, 0.2) is 6.20 Å². The average molecular weight is 250 g/mol. The second kappa shape index (κ2) is 4.72. The van der Waals surface area contributed by atoms with Crippen LogP contribution in [0.5, 0.6) is 0 Å². The predicted molar refractivity (Wildman–Crippen MR) is 65.3 cm³/mol. The van der Waals surface area contributed by atoms with Crippen LogP contribution in [-0.2, 0) is 4.79 Å². The maximum atomic E-state index is 12.0. The van der Waals surface area contributed by atoms with E-state index in [1.165, 1.54) is 11.3 Å². The van der Waals surface area contributed by atoms with Crippen molar-refractivity contribution in [1.29, 1.82) is 5.26 Å². The van der Waals surface area contributed by atoms with E-state index >= 15 is 0 Å². The summed E-state index contributed by atoms with van der Waals surface area (Å²) in [4.78, 5) is 18.8. The van der Waals surface area contributed by atoms with Crippen molar-refractivity contribution in [3.8, 4) is 6.19 Å². The molecule has 0 aliphatic carbocycles. The lowest BCUT2D eigenvalue weighted by molar-refractivity contribution is -0.120. The first-order chi connectivity index (χ1) is 8.10. The molecule has 1 aliphatic heterocycles. The Morgan fingerprint density at radius 2 is 2.47 bits per heavy atom. The first-order valence-electron chi connectivity index (χ1n) is 5.48. The van der Waals surface area contributed by atoms with Crippen molar-refractivity contribution >= 4 is 22.4 Å². The Morgan fingerprint density at radius 1 is 1.71 bits per heavy atom. The van der Waals surface area contributed by atoms with Crippen molar-refractivity contribution in [2.45, 2.75) is 13.8 Å². The number of nitrogens with zero attached hydrogens (tertiary/aromatic N) is 3. The third-order valence-corrected chi connectivity index (χ3v) is 3.77. The Morgan fingerprint density at radius 3 is 3.00 bits per heavy atom. The highest BCUT2D eigenvalue weighted by molar-refractivity contribution is 7.15. The number of hydrogen-bond acceptors (Lipinski definition) is 5. The zero-order chi connectivity index (χ0) is 12.4. The molecule has 1 aromatic heterocycles. The van der Waals surface area contributed by atoms with Crippen LogP contribution in [0.3, 0.4) is 0 Å². The van der Waals surface area contributed by atoms with Crippen molar-refractivity contribution in [3.05, 3.63) is 11.1 Å². The van der Waals surface area contributed by atoms with Gasteiger partial charge in [0.15, 0.2) is 11.3 Å². The summed E-state index contributed by atoms with van der Waals surface area (Å²) < 4.78 is 0. The number of likely N-dealkylation sites (tertiary alicyclic amines) is 1. The van der Waals surface area contributed by atoms with Crippen LogP contribution >= 0.6 is 11.3 Å². The molecule has 1 aromatic rings. The summed E-state index contributed by atoms with van der Waals surface area (Å²) in [6.45, 7) is 5.11. The Balaban J connectivity index is 1.99. The molecule has 0 bridgehead atoms. The number of carbonyl (C=O) groups is 1. The molecule has 0 radical (unpaired) electrons. The zero-order valence-corrected chi connectivity index (χ0v) is 10.6. The SMILES string of the molecule is Cc1cnc(NC(=O)C2CN(C#N)CC2C)s1. The van der Waals surface area contributed by atoms with Gasteiger partial charge in [-0.3, -0.25) is 4.79 Å². The van der Waals surface area contributed by atoms with Crippen LogP contribution in [0.25, 0.3) is 0 Å².